The predicted octanol–water partition coefficient (Wildman–Crippen LogP) is 6.95. The van der Waals surface area contributed by atoms with E-state index in [0.29, 0.717) is 32.1 Å². The van der Waals surface area contributed by atoms with E-state index in [1.165, 1.54) is 29.1 Å². The molecule has 3 fully saturated rings. The summed E-state index contributed by atoms with van der Waals surface area (Å²) >= 11 is 3.08. The number of amides is 4. The van der Waals surface area contributed by atoms with Gasteiger partial charge in [0.1, 0.15) is 22.9 Å². The van der Waals surface area contributed by atoms with E-state index >= 15 is 0 Å². The molecule has 0 radical (unpaired) electrons. The number of carbonyl (C=O) groups excluding carboxylic acids is 4. The summed E-state index contributed by atoms with van der Waals surface area (Å²) in [7, 11) is 0. The number of benzene rings is 2. The number of aliphatic hydroxyl groups is 1. The van der Waals surface area contributed by atoms with Gasteiger partial charge in [-0.2, -0.15) is 0 Å². The lowest BCUT2D eigenvalue weighted by Crippen LogP contribution is -2.57. The summed E-state index contributed by atoms with van der Waals surface area (Å²) in [4.78, 5) is 84.5. The first-order chi connectivity index (χ1) is 35.4. The van der Waals surface area contributed by atoms with Gasteiger partial charge in [-0.1, -0.05) is 75.7 Å². The van der Waals surface area contributed by atoms with Crippen LogP contribution in [0.25, 0.3) is 10.4 Å². The quantitative estimate of drug-likeness (QED) is 0.0497. The van der Waals surface area contributed by atoms with Crippen LogP contribution < -0.4 is 31.5 Å². The van der Waals surface area contributed by atoms with Gasteiger partial charge in [-0.15, -0.1) is 11.3 Å². The second-order valence-electron chi connectivity index (χ2n) is 21.2. The maximum atomic E-state index is 14.2. The molecule has 0 saturated carbocycles. The number of anilines is 3. The minimum atomic E-state index is -1.01. The second-order valence-corrected chi connectivity index (χ2v) is 23.1. The number of β-amino-alcohol motifs (C(OH)–C–C–N with tert-alkyl or cyclic N) is 1. The molecule has 3 aliphatic heterocycles. The minimum Gasteiger partial charge on any atom is -0.391 e. The first-order valence-corrected chi connectivity index (χ1v) is 27.3. The summed E-state index contributed by atoms with van der Waals surface area (Å²) in [6.45, 7) is 15.0. The molecular formula is C54H70N12O6S2. The second kappa shape index (κ2) is 24.1. The van der Waals surface area contributed by atoms with Crippen LogP contribution in [0.5, 0.6) is 0 Å². The Hall–Kier alpha value is -6.06. The third kappa shape index (κ3) is 14.2. The van der Waals surface area contributed by atoms with Gasteiger partial charge in [0.25, 0.3) is 5.91 Å². The number of piperidine rings is 1. The molecule has 3 aliphatic rings. The number of nitrogens with two attached hydrogens (primary N) is 1. The number of hydrogen-bond donors (Lipinski definition) is 5. The highest BCUT2D eigenvalue weighted by Gasteiger charge is 2.45. The summed E-state index contributed by atoms with van der Waals surface area (Å²) in [5, 5.41) is 20.4. The maximum absolute atomic E-state index is 14.2. The standard InChI is InChI=1S/C54H70N12O6S2/c1-34(36-15-17-37(18-16-36)47-35(2)60-33-73-47)61-50(70)43-25-40(67)30-66(43)51(71)48(53(3,4)5)63-49(69)38-26-58-52(59-27-38)65-31-41(32-65)72-23-10-8-7-9-14-45(68)62-39-12-11-13-42(24-39)74-46-29-56-44(28-57-46)64-21-19-54(6,55)20-22-64/h11-13,15-18,24,26-29,33-34,40-41,43,48,67H,7-10,14,19-23,25,30-32,55H2,1-6H3,(H,61,70)(H,62,68)(H,63,69)/t34-,40+,43-,48+/m0/s1. The molecule has 0 spiro atoms. The number of unbranched alkanes of at least 4 members (excludes halogenated alkanes) is 3. The van der Waals surface area contributed by atoms with Crippen LogP contribution in [0, 0.1) is 12.3 Å². The van der Waals surface area contributed by atoms with E-state index in [-0.39, 0.29) is 48.0 Å². The number of aryl methyl sites for hydroxylation is 1. The number of rotatable bonds is 20. The highest BCUT2D eigenvalue weighted by atomic mass is 32.2. The average Bonchev–Trinajstić information content (AvgIpc) is 3.98. The van der Waals surface area contributed by atoms with Crippen molar-refractivity contribution in [2.75, 3.05) is 54.4 Å². The Bertz CT molecular complexity index is 2700. The maximum Gasteiger partial charge on any atom is 0.255 e. The molecule has 6 heterocycles. The zero-order valence-corrected chi connectivity index (χ0v) is 44.9. The number of aliphatic hydroxyl groups excluding tert-OH is 1. The molecule has 0 aliphatic carbocycles. The van der Waals surface area contributed by atoms with E-state index in [0.717, 1.165) is 94.7 Å². The number of nitrogens with zero attached hydrogens (tertiary/aromatic N) is 8. The molecule has 0 bridgehead atoms. The fourth-order valence-electron chi connectivity index (χ4n) is 9.28. The van der Waals surface area contributed by atoms with Crippen molar-refractivity contribution in [3.63, 3.8) is 0 Å². The van der Waals surface area contributed by atoms with Gasteiger partial charge >= 0.3 is 0 Å². The SMILES string of the molecule is Cc1ncsc1-c1ccc([C@H](C)NC(=O)[C@@H]2C[C@@H](O)CN2C(=O)[C@@H](NC(=O)c2cnc(N3CC(OCCCCCCC(=O)Nc4cccc(Sc5cnc(N6CCC(C)(N)CC6)cn5)c4)C3)nc2)C(C)(C)C)cc1. The smallest absolute Gasteiger partial charge is 0.255 e. The molecule has 3 aromatic heterocycles. The van der Waals surface area contributed by atoms with Crippen LogP contribution in [-0.2, 0) is 19.1 Å². The Kier molecular flexibility index (Phi) is 17.6. The van der Waals surface area contributed by atoms with E-state index in [9.17, 15) is 24.3 Å². The molecule has 8 rings (SSSR count). The van der Waals surface area contributed by atoms with Crippen molar-refractivity contribution in [3.8, 4) is 10.4 Å². The van der Waals surface area contributed by atoms with Crippen LogP contribution in [-0.4, -0.2) is 128 Å². The zero-order valence-electron chi connectivity index (χ0n) is 43.3. The fraction of sp³-hybridized carbons (Fsp3) is 0.500. The molecule has 20 heteroatoms. The molecule has 0 unspecified atom stereocenters. The molecule has 394 valence electrons. The van der Waals surface area contributed by atoms with Crippen molar-refractivity contribution in [2.45, 2.75) is 139 Å². The van der Waals surface area contributed by atoms with Crippen molar-refractivity contribution in [3.05, 3.63) is 95.6 Å². The number of carbonyl (C=O) groups is 4. The predicted molar refractivity (Wildman–Crippen MR) is 288 cm³/mol. The van der Waals surface area contributed by atoms with E-state index in [1.807, 2.05) is 99.8 Å². The summed E-state index contributed by atoms with van der Waals surface area (Å²) in [5.74, 6) is -0.0314. The van der Waals surface area contributed by atoms with Gasteiger partial charge in [0.15, 0.2) is 0 Å². The third-order valence-electron chi connectivity index (χ3n) is 13.9. The lowest BCUT2D eigenvalue weighted by atomic mass is 9.85. The van der Waals surface area contributed by atoms with E-state index < -0.39 is 35.4 Å². The topological polar surface area (TPSA) is 234 Å². The lowest BCUT2D eigenvalue weighted by molar-refractivity contribution is -0.142. The van der Waals surface area contributed by atoms with Crippen LogP contribution in [0.15, 0.2) is 88.8 Å². The van der Waals surface area contributed by atoms with Gasteiger partial charge in [-0.05, 0) is 81.2 Å². The van der Waals surface area contributed by atoms with Crippen LogP contribution in [0.1, 0.15) is 114 Å². The van der Waals surface area contributed by atoms with Gasteiger partial charge in [-0.25, -0.2) is 24.9 Å². The summed E-state index contributed by atoms with van der Waals surface area (Å²) in [6.07, 6.45) is 11.6. The molecule has 5 aromatic rings. The Balaban J connectivity index is 0.712. The van der Waals surface area contributed by atoms with Crippen molar-refractivity contribution in [2.24, 2.45) is 11.1 Å². The first-order valence-electron chi connectivity index (χ1n) is 25.6. The van der Waals surface area contributed by atoms with E-state index in [4.69, 9.17) is 10.5 Å². The van der Waals surface area contributed by atoms with Gasteiger partial charge in [0.2, 0.25) is 23.7 Å². The Morgan fingerprint density at radius 1 is 0.905 bits per heavy atom. The van der Waals surface area contributed by atoms with Gasteiger partial charge in [-0.3, -0.25) is 19.2 Å². The fourth-order valence-corrected chi connectivity index (χ4v) is 10.9. The molecular weight excluding hydrogens is 977 g/mol. The Labute approximate surface area is 442 Å². The number of nitrogens with one attached hydrogen (secondary N) is 3. The molecule has 74 heavy (non-hydrogen) atoms. The number of thiazole rings is 1. The van der Waals surface area contributed by atoms with Crippen molar-refractivity contribution < 1.29 is 29.0 Å². The van der Waals surface area contributed by atoms with Crippen molar-refractivity contribution >= 4 is 64.2 Å². The number of ether oxygens (including phenoxy) is 1. The molecule has 2 aromatic carbocycles. The number of aromatic nitrogens is 5. The average molecular weight is 1050 g/mol. The highest BCUT2D eigenvalue weighted by molar-refractivity contribution is 7.99. The van der Waals surface area contributed by atoms with E-state index in [1.54, 1.807) is 17.5 Å². The van der Waals surface area contributed by atoms with Crippen LogP contribution in [0.2, 0.25) is 0 Å². The zero-order chi connectivity index (χ0) is 52.6. The van der Waals surface area contributed by atoms with Crippen LogP contribution in [0.3, 0.4) is 0 Å². The van der Waals surface area contributed by atoms with E-state index in [2.05, 4.69) is 52.7 Å². The largest absolute Gasteiger partial charge is 0.391 e. The van der Waals surface area contributed by atoms with Crippen LogP contribution in [0.4, 0.5) is 17.5 Å². The monoisotopic (exact) mass is 1050 g/mol. The molecule has 4 amide bonds. The molecule has 3 saturated heterocycles. The molecule has 6 N–H and O–H groups in total. The van der Waals surface area contributed by atoms with Crippen LogP contribution >= 0.6 is 23.1 Å². The molecule has 18 nitrogen and oxygen atoms in total. The Morgan fingerprint density at radius 2 is 1.64 bits per heavy atom. The summed E-state index contributed by atoms with van der Waals surface area (Å²) < 4.78 is 6.08. The summed E-state index contributed by atoms with van der Waals surface area (Å²) in [5.41, 5.74) is 11.1. The van der Waals surface area contributed by atoms with Gasteiger partial charge in [0, 0.05) is 80.7 Å². The number of hydrogen-bond acceptors (Lipinski definition) is 16. The normalized spacial score (nSPS) is 18.6. The third-order valence-corrected chi connectivity index (χ3v) is 15.8. The highest BCUT2D eigenvalue weighted by Crippen LogP contribution is 2.32. The van der Waals surface area contributed by atoms with Gasteiger partial charge < -0.3 is 46.2 Å². The summed E-state index contributed by atoms with van der Waals surface area (Å²) in [6, 6.07) is 13.4. The van der Waals surface area contributed by atoms with Crippen molar-refractivity contribution in [1.82, 2.24) is 40.5 Å². The van der Waals surface area contributed by atoms with Gasteiger partial charge in [0.05, 0.1) is 52.3 Å². The Morgan fingerprint density at radius 3 is 2.31 bits per heavy atom. The number of likely N-dealkylation sites (tertiary alicyclic amines) is 1. The first kappa shape index (κ1) is 54.2. The van der Waals surface area contributed by atoms with Crippen molar-refractivity contribution in [1.29, 1.82) is 0 Å². The lowest BCUT2D eigenvalue weighted by Gasteiger charge is -2.38. The minimum absolute atomic E-state index is 0.0142. The molecule has 4 atom stereocenters.